The van der Waals surface area contributed by atoms with Gasteiger partial charge in [-0.05, 0) is 32.9 Å². The van der Waals surface area contributed by atoms with Crippen LogP contribution in [0, 0.1) is 0 Å². The second-order valence-corrected chi connectivity index (χ2v) is 7.89. The number of piperazine rings is 1. The smallest absolute Gasteiger partial charge is 0.234 e. The van der Waals surface area contributed by atoms with Gasteiger partial charge in [0.15, 0.2) is 0 Å². The van der Waals surface area contributed by atoms with Crippen LogP contribution in [0.1, 0.15) is 26.6 Å². The number of carbonyl (C=O) groups is 1. The SMILES string of the molecule is CC(C)(C)NC(=O)CN1CCN(Cc2nc(N)c3ccccc3n2)CC1. The van der Waals surface area contributed by atoms with E-state index in [0.29, 0.717) is 18.9 Å². The molecule has 3 rings (SSSR count). The number of carbonyl (C=O) groups excluding carboxylic acids is 1. The summed E-state index contributed by atoms with van der Waals surface area (Å²) in [5.74, 6) is 1.36. The number of nitrogens with two attached hydrogens (primary N) is 1. The van der Waals surface area contributed by atoms with Crippen LogP contribution in [0.5, 0.6) is 0 Å². The number of amides is 1. The van der Waals surface area contributed by atoms with Crippen LogP contribution in [0.15, 0.2) is 24.3 Å². The van der Waals surface area contributed by atoms with Gasteiger partial charge in [0.2, 0.25) is 5.91 Å². The van der Waals surface area contributed by atoms with E-state index >= 15 is 0 Å². The van der Waals surface area contributed by atoms with Crippen molar-refractivity contribution in [2.45, 2.75) is 32.9 Å². The average Bonchev–Trinajstić information content (AvgIpc) is 2.55. The lowest BCUT2D eigenvalue weighted by atomic mass is 10.1. The summed E-state index contributed by atoms with van der Waals surface area (Å²) in [6, 6.07) is 7.80. The Kier molecular flexibility index (Phi) is 5.38. The van der Waals surface area contributed by atoms with Crippen LogP contribution >= 0.6 is 0 Å². The zero-order valence-corrected chi connectivity index (χ0v) is 15.8. The fourth-order valence-electron chi connectivity index (χ4n) is 3.19. The highest BCUT2D eigenvalue weighted by Gasteiger charge is 2.21. The number of para-hydroxylation sites is 1. The Morgan fingerprint density at radius 1 is 1.12 bits per heavy atom. The van der Waals surface area contributed by atoms with Crippen molar-refractivity contribution in [1.29, 1.82) is 0 Å². The minimum absolute atomic E-state index is 0.0802. The molecule has 26 heavy (non-hydrogen) atoms. The first-order chi connectivity index (χ1) is 12.3. The number of anilines is 1. The highest BCUT2D eigenvalue weighted by atomic mass is 16.2. The van der Waals surface area contributed by atoms with E-state index in [0.717, 1.165) is 42.9 Å². The van der Waals surface area contributed by atoms with Crippen molar-refractivity contribution < 1.29 is 4.79 Å². The first-order valence-electron chi connectivity index (χ1n) is 9.07. The van der Waals surface area contributed by atoms with Gasteiger partial charge in [0, 0.05) is 37.1 Å². The first-order valence-corrected chi connectivity index (χ1v) is 9.07. The third kappa shape index (κ3) is 4.89. The second-order valence-electron chi connectivity index (χ2n) is 7.89. The Balaban J connectivity index is 1.54. The molecule has 1 aromatic heterocycles. The van der Waals surface area contributed by atoms with Crippen molar-refractivity contribution >= 4 is 22.6 Å². The minimum atomic E-state index is -0.188. The van der Waals surface area contributed by atoms with Crippen LogP contribution in [-0.4, -0.2) is 63.9 Å². The molecule has 2 heterocycles. The largest absolute Gasteiger partial charge is 0.383 e. The molecule has 2 aromatic rings. The lowest BCUT2D eigenvalue weighted by molar-refractivity contribution is -0.124. The van der Waals surface area contributed by atoms with Gasteiger partial charge in [-0.15, -0.1) is 0 Å². The molecule has 0 saturated carbocycles. The van der Waals surface area contributed by atoms with Crippen LogP contribution in [0.25, 0.3) is 10.9 Å². The van der Waals surface area contributed by atoms with E-state index in [-0.39, 0.29) is 11.4 Å². The molecule has 7 heteroatoms. The highest BCUT2D eigenvalue weighted by Crippen LogP contribution is 2.18. The summed E-state index contributed by atoms with van der Waals surface area (Å²) < 4.78 is 0. The summed E-state index contributed by atoms with van der Waals surface area (Å²) in [4.78, 5) is 25.6. The van der Waals surface area contributed by atoms with Crippen LogP contribution in [0.2, 0.25) is 0 Å². The molecule has 0 spiro atoms. The Morgan fingerprint density at radius 3 is 2.46 bits per heavy atom. The van der Waals surface area contributed by atoms with Crippen molar-refractivity contribution in [2.24, 2.45) is 0 Å². The van der Waals surface area contributed by atoms with Gasteiger partial charge in [-0.1, -0.05) is 12.1 Å². The number of nitrogens with one attached hydrogen (secondary N) is 1. The molecule has 1 aliphatic heterocycles. The van der Waals surface area contributed by atoms with Gasteiger partial charge >= 0.3 is 0 Å². The first kappa shape index (κ1) is 18.5. The quantitative estimate of drug-likeness (QED) is 0.857. The molecule has 7 nitrogen and oxygen atoms in total. The Hall–Kier alpha value is -2.25. The standard InChI is InChI=1S/C19H28N6O/c1-19(2,3)23-17(26)13-25-10-8-24(9-11-25)12-16-21-15-7-5-4-6-14(15)18(20)22-16/h4-7H,8-13H2,1-3H3,(H,23,26)(H2,20,21,22). The zero-order valence-electron chi connectivity index (χ0n) is 15.8. The molecule has 1 amide bonds. The molecule has 1 saturated heterocycles. The molecule has 0 bridgehead atoms. The Bertz CT molecular complexity index is 777. The lowest BCUT2D eigenvalue weighted by Crippen LogP contribution is -2.51. The van der Waals surface area contributed by atoms with E-state index in [1.807, 2.05) is 45.0 Å². The molecule has 1 fully saturated rings. The number of rotatable bonds is 4. The van der Waals surface area contributed by atoms with E-state index in [1.54, 1.807) is 0 Å². The molecule has 0 radical (unpaired) electrons. The molecule has 0 atom stereocenters. The molecular weight excluding hydrogens is 328 g/mol. The maximum atomic E-state index is 12.1. The molecule has 140 valence electrons. The van der Waals surface area contributed by atoms with Gasteiger partial charge < -0.3 is 11.1 Å². The van der Waals surface area contributed by atoms with Gasteiger partial charge in [-0.3, -0.25) is 14.6 Å². The van der Waals surface area contributed by atoms with Gasteiger partial charge in [0.25, 0.3) is 0 Å². The fourth-order valence-corrected chi connectivity index (χ4v) is 3.19. The normalized spacial score (nSPS) is 16.7. The number of hydrogen-bond donors (Lipinski definition) is 2. The predicted octanol–water partition coefficient (Wildman–Crippen LogP) is 1.24. The maximum Gasteiger partial charge on any atom is 0.234 e. The number of hydrogen-bond acceptors (Lipinski definition) is 6. The van der Waals surface area contributed by atoms with Crippen molar-refractivity contribution in [1.82, 2.24) is 25.1 Å². The fraction of sp³-hybridized carbons (Fsp3) is 0.526. The van der Waals surface area contributed by atoms with E-state index in [4.69, 9.17) is 5.73 Å². The van der Waals surface area contributed by atoms with Crippen LogP contribution < -0.4 is 11.1 Å². The number of benzene rings is 1. The zero-order chi connectivity index (χ0) is 18.7. The number of nitrogen functional groups attached to an aromatic ring is 1. The third-order valence-corrected chi connectivity index (χ3v) is 4.39. The number of nitrogens with zero attached hydrogens (tertiary/aromatic N) is 4. The van der Waals surface area contributed by atoms with Crippen molar-refractivity contribution in [3.05, 3.63) is 30.1 Å². The third-order valence-electron chi connectivity index (χ3n) is 4.39. The molecule has 3 N–H and O–H groups in total. The number of fused-ring (bicyclic) bond motifs is 1. The van der Waals surface area contributed by atoms with E-state index in [2.05, 4.69) is 25.1 Å². The summed E-state index contributed by atoms with van der Waals surface area (Å²) in [5.41, 5.74) is 6.76. The van der Waals surface area contributed by atoms with Crippen molar-refractivity contribution in [2.75, 3.05) is 38.5 Å². The van der Waals surface area contributed by atoms with Gasteiger partial charge in [0.1, 0.15) is 11.6 Å². The van der Waals surface area contributed by atoms with Gasteiger partial charge in [0.05, 0.1) is 18.6 Å². The molecular formula is C19H28N6O. The van der Waals surface area contributed by atoms with Gasteiger partial charge in [-0.2, -0.15) is 0 Å². The highest BCUT2D eigenvalue weighted by molar-refractivity contribution is 5.87. The summed E-state index contributed by atoms with van der Waals surface area (Å²) in [5, 5.41) is 3.91. The predicted molar refractivity (Wildman–Crippen MR) is 104 cm³/mol. The van der Waals surface area contributed by atoms with E-state index in [1.165, 1.54) is 0 Å². The topological polar surface area (TPSA) is 87.4 Å². The van der Waals surface area contributed by atoms with Gasteiger partial charge in [-0.25, -0.2) is 9.97 Å². The minimum Gasteiger partial charge on any atom is -0.383 e. The lowest BCUT2D eigenvalue weighted by Gasteiger charge is -2.34. The van der Waals surface area contributed by atoms with Crippen molar-refractivity contribution in [3.63, 3.8) is 0 Å². The van der Waals surface area contributed by atoms with Crippen LogP contribution in [-0.2, 0) is 11.3 Å². The molecule has 0 aliphatic carbocycles. The Labute approximate surface area is 154 Å². The van der Waals surface area contributed by atoms with E-state index < -0.39 is 0 Å². The molecule has 0 unspecified atom stereocenters. The molecule has 1 aliphatic rings. The summed E-state index contributed by atoms with van der Waals surface area (Å²) in [7, 11) is 0. The van der Waals surface area contributed by atoms with Crippen LogP contribution in [0.3, 0.4) is 0 Å². The summed E-state index contributed by atoms with van der Waals surface area (Å²) in [6.45, 7) is 10.6. The second kappa shape index (κ2) is 7.55. The van der Waals surface area contributed by atoms with Crippen LogP contribution in [0.4, 0.5) is 5.82 Å². The van der Waals surface area contributed by atoms with E-state index in [9.17, 15) is 4.79 Å². The maximum absolute atomic E-state index is 12.1. The average molecular weight is 356 g/mol. The van der Waals surface area contributed by atoms with Crippen molar-refractivity contribution in [3.8, 4) is 0 Å². The summed E-state index contributed by atoms with van der Waals surface area (Å²) >= 11 is 0. The summed E-state index contributed by atoms with van der Waals surface area (Å²) in [6.07, 6.45) is 0. The monoisotopic (exact) mass is 356 g/mol. The Morgan fingerprint density at radius 2 is 1.77 bits per heavy atom. The molecule has 1 aromatic carbocycles. The number of aromatic nitrogens is 2.